The third-order valence-electron chi connectivity index (χ3n) is 9.69. The predicted octanol–water partition coefficient (Wildman–Crippen LogP) is 4.72. The smallest absolute Gasteiger partial charge is 0.487 e. The summed E-state index contributed by atoms with van der Waals surface area (Å²) in [5, 5.41) is 21.7. The zero-order chi connectivity index (χ0) is 29.7. The molecule has 0 aromatic heterocycles. The molecular formula is C32H38BIN2O6. The fourth-order valence-corrected chi connectivity index (χ4v) is 8.24. The van der Waals surface area contributed by atoms with Gasteiger partial charge in [0, 0.05) is 25.7 Å². The number of aromatic hydroxyl groups is 1. The van der Waals surface area contributed by atoms with Crippen LogP contribution in [0.2, 0.25) is 0 Å². The quantitative estimate of drug-likeness (QED) is 0.258. The van der Waals surface area contributed by atoms with Crippen molar-refractivity contribution in [2.45, 2.75) is 58.2 Å². The number of piperidine rings is 1. The van der Waals surface area contributed by atoms with Gasteiger partial charge in [-0.3, -0.25) is 19.4 Å². The highest BCUT2D eigenvalue weighted by molar-refractivity contribution is 14.1. The summed E-state index contributed by atoms with van der Waals surface area (Å²) in [5.74, 6) is -0.857. The van der Waals surface area contributed by atoms with Gasteiger partial charge in [0.25, 0.3) is 0 Å². The number of phenols is 1. The number of phenolic OH excluding ortho intramolecular Hbond substituents is 1. The molecule has 10 heteroatoms. The Balaban J connectivity index is 1.25. The number of halogens is 1. The summed E-state index contributed by atoms with van der Waals surface area (Å²) in [6, 6.07) is 13.8. The highest BCUT2D eigenvalue weighted by Gasteiger charge is 2.59. The zero-order valence-electron chi connectivity index (χ0n) is 24.3. The molecular weight excluding hydrogens is 646 g/mol. The lowest BCUT2D eigenvalue weighted by molar-refractivity contribution is -0.144. The third-order valence-corrected chi connectivity index (χ3v) is 10.5. The summed E-state index contributed by atoms with van der Waals surface area (Å²) >= 11 is 2.05. The van der Waals surface area contributed by atoms with Crippen LogP contribution >= 0.6 is 22.6 Å². The number of amides is 2. The molecule has 0 spiro atoms. The van der Waals surface area contributed by atoms with Crippen molar-refractivity contribution in [1.82, 2.24) is 9.80 Å². The van der Waals surface area contributed by atoms with Crippen LogP contribution in [0.5, 0.6) is 11.5 Å². The van der Waals surface area contributed by atoms with Crippen LogP contribution in [0.15, 0.2) is 53.5 Å². The summed E-state index contributed by atoms with van der Waals surface area (Å²) in [4.78, 5) is 32.2. The molecule has 2 aromatic carbocycles. The Morgan fingerprint density at radius 2 is 1.81 bits per heavy atom. The fourth-order valence-electron chi connectivity index (χ4n) is 7.61. The number of likely N-dealkylation sites (tertiary alicyclic amines) is 2. The monoisotopic (exact) mass is 684 g/mol. The van der Waals surface area contributed by atoms with Gasteiger partial charge in [0.2, 0.25) is 11.8 Å². The average molecular weight is 684 g/mol. The molecule has 4 aliphatic rings. The Labute approximate surface area is 261 Å². The highest BCUT2D eigenvalue weighted by Crippen LogP contribution is 2.53. The van der Waals surface area contributed by atoms with Crippen LogP contribution in [-0.4, -0.2) is 65.1 Å². The molecule has 1 aliphatic carbocycles. The molecule has 8 nitrogen and oxygen atoms in total. The maximum Gasteiger partial charge on any atom is 0.487 e. The van der Waals surface area contributed by atoms with Crippen LogP contribution in [0.4, 0.5) is 0 Å². The average Bonchev–Trinajstić information content (AvgIpc) is 3.24. The summed E-state index contributed by atoms with van der Waals surface area (Å²) in [5.41, 5.74) is 3.85. The molecule has 3 aliphatic heterocycles. The largest absolute Gasteiger partial charge is 0.504 e. The molecule has 222 valence electrons. The van der Waals surface area contributed by atoms with Gasteiger partial charge < -0.3 is 19.5 Å². The minimum absolute atomic E-state index is 0.0536. The first kappa shape index (κ1) is 29.7. The van der Waals surface area contributed by atoms with Crippen molar-refractivity contribution >= 4 is 41.5 Å². The molecule has 3 saturated heterocycles. The van der Waals surface area contributed by atoms with Crippen molar-refractivity contribution in [2.75, 3.05) is 20.2 Å². The van der Waals surface area contributed by atoms with E-state index < -0.39 is 25.1 Å². The van der Waals surface area contributed by atoms with Gasteiger partial charge in [0.15, 0.2) is 11.5 Å². The Kier molecular flexibility index (Phi) is 8.43. The van der Waals surface area contributed by atoms with Gasteiger partial charge in [-0.15, -0.1) is 0 Å². The van der Waals surface area contributed by atoms with Gasteiger partial charge in [-0.05, 0) is 88.8 Å². The number of imide groups is 1. The van der Waals surface area contributed by atoms with Crippen LogP contribution in [0.25, 0.3) is 0 Å². The second-order valence-electron chi connectivity index (χ2n) is 12.4. The number of rotatable bonds is 6. The van der Waals surface area contributed by atoms with Crippen molar-refractivity contribution in [1.29, 1.82) is 0 Å². The van der Waals surface area contributed by atoms with Crippen LogP contribution in [0.1, 0.15) is 56.8 Å². The minimum Gasteiger partial charge on any atom is -0.504 e. The van der Waals surface area contributed by atoms with E-state index in [-0.39, 0.29) is 35.4 Å². The standard InChI is InChI=1S/C32H38BIN2O6/c1-18(2)22-15-24-28(23-16-26(42-33(40)29(22)23)20-13-25(34)30(37)27(14-20)41-3)32(39)36(31(24)38)21-9-11-35(12-10-21)17-19-7-5-4-6-8-19/h4-8,13-14,18,21,23-24,26,28,37,40H,9-12,15-17H2,1-3H3/t23-,24-,26-,28+/m0/s1. The third kappa shape index (κ3) is 5.29. The highest BCUT2D eigenvalue weighted by atomic mass is 127. The topological polar surface area (TPSA) is 99.5 Å². The first-order valence-electron chi connectivity index (χ1n) is 14.9. The maximum atomic E-state index is 14.2. The zero-order valence-corrected chi connectivity index (χ0v) is 26.5. The molecule has 3 heterocycles. The van der Waals surface area contributed by atoms with Gasteiger partial charge >= 0.3 is 7.12 Å². The van der Waals surface area contributed by atoms with E-state index in [1.54, 1.807) is 11.0 Å². The molecule has 2 aromatic rings. The van der Waals surface area contributed by atoms with E-state index in [0.717, 1.165) is 49.1 Å². The number of carbonyl (C=O) groups is 2. The molecule has 2 N–H and O–H groups in total. The molecule has 0 bridgehead atoms. The summed E-state index contributed by atoms with van der Waals surface area (Å²) < 4.78 is 12.2. The van der Waals surface area contributed by atoms with Crippen LogP contribution in [0, 0.1) is 27.2 Å². The van der Waals surface area contributed by atoms with Crippen molar-refractivity contribution in [2.24, 2.45) is 23.7 Å². The number of benzene rings is 2. The lowest BCUT2D eigenvalue weighted by Gasteiger charge is -2.43. The van der Waals surface area contributed by atoms with E-state index in [9.17, 15) is 19.7 Å². The molecule has 0 unspecified atom stereocenters. The summed E-state index contributed by atoms with van der Waals surface area (Å²) in [6.07, 6.45) is 1.98. The maximum absolute atomic E-state index is 14.2. The predicted molar refractivity (Wildman–Crippen MR) is 167 cm³/mol. The molecule has 3 fully saturated rings. The first-order chi connectivity index (χ1) is 20.2. The van der Waals surface area contributed by atoms with Crippen molar-refractivity contribution in [3.05, 3.63) is 68.2 Å². The van der Waals surface area contributed by atoms with E-state index in [0.29, 0.717) is 22.2 Å². The first-order valence-corrected chi connectivity index (χ1v) is 16.0. The second-order valence-corrected chi connectivity index (χ2v) is 13.5. The lowest BCUT2D eigenvalue weighted by atomic mass is 9.54. The van der Waals surface area contributed by atoms with E-state index in [1.807, 2.05) is 34.7 Å². The van der Waals surface area contributed by atoms with Gasteiger partial charge in [-0.25, -0.2) is 0 Å². The van der Waals surface area contributed by atoms with Crippen LogP contribution in [0.3, 0.4) is 0 Å². The summed E-state index contributed by atoms with van der Waals surface area (Å²) in [6.45, 7) is 6.70. The Hall–Kier alpha value is -2.41. The van der Waals surface area contributed by atoms with Gasteiger partial charge in [-0.1, -0.05) is 49.8 Å². The van der Waals surface area contributed by atoms with Crippen molar-refractivity contribution in [3.8, 4) is 11.5 Å². The number of ether oxygens (including phenoxy) is 1. The Morgan fingerprint density at radius 3 is 2.48 bits per heavy atom. The number of allylic oxidation sites excluding steroid dienone is 2. The van der Waals surface area contributed by atoms with Crippen molar-refractivity contribution in [3.63, 3.8) is 0 Å². The van der Waals surface area contributed by atoms with E-state index in [4.69, 9.17) is 9.39 Å². The number of nitrogens with zero attached hydrogens (tertiary/aromatic N) is 2. The Bertz CT molecular complexity index is 1390. The molecule has 2 amide bonds. The second kappa shape index (κ2) is 11.9. The van der Waals surface area contributed by atoms with E-state index in [1.165, 1.54) is 12.7 Å². The Morgan fingerprint density at radius 1 is 1.10 bits per heavy atom. The van der Waals surface area contributed by atoms with Gasteiger partial charge in [0.05, 0.1) is 28.6 Å². The van der Waals surface area contributed by atoms with Crippen LogP contribution in [-0.2, 0) is 20.8 Å². The number of fused-ring (bicyclic) bond motifs is 3. The SMILES string of the molecule is COc1cc([C@@H]2C[C@@H]3C(=C(C(C)C)C[C@@H]4C(=O)N(C5CCN(Cc6ccccc6)CC5)C(=O)[C@@H]43)B(O)O2)cc(I)c1O. The van der Waals surface area contributed by atoms with Gasteiger partial charge in [-0.2, -0.15) is 0 Å². The molecule has 6 rings (SSSR count). The molecule has 42 heavy (non-hydrogen) atoms. The lowest BCUT2D eigenvalue weighted by Crippen LogP contribution is -2.48. The normalized spacial score (nSPS) is 27.1. The fraction of sp³-hybridized carbons (Fsp3) is 0.500. The minimum atomic E-state index is -1.16. The number of carbonyl (C=O) groups excluding carboxylic acids is 2. The van der Waals surface area contributed by atoms with E-state index in [2.05, 4.69) is 43.0 Å². The summed E-state index contributed by atoms with van der Waals surface area (Å²) in [7, 11) is 0.332. The molecule has 0 radical (unpaired) electrons. The molecule has 0 saturated carbocycles. The number of hydrogen-bond acceptors (Lipinski definition) is 7. The number of hydrogen-bond donors (Lipinski definition) is 2. The van der Waals surface area contributed by atoms with E-state index >= 15 is 0 Å². The van der Waals surface area contributed by atoms with Crippen LogP contribution < -0.4 is 4.74 Å². The molecule has 4 atom stereocenters. The van der Waals surface area contributed by atoms with Gasteiger partial charge in [0.1, 0.15) is 0 Å². The van der Waals surface area contributed by atoms with Crippen molar-refractivity contribution < 1.29 is 29.1 Å². The number of methoxy groups -OCH3 is 1.